The lowest BCUT2D eigenvalue weighted by Gasteiger charge is -2.03. The van der Waals surface area contributed by atoms with Gasteiger partial charge >= 0.3 is 0 Å². The van der Waals surface area contributed by atoms with E-state index in [1.807, 2.05) is 0 Å². The molecule has 2 rings (SSSR count). The smallest absolute Gasteiger partial charge is 0.284 e. The highest BCUT2D eigenvalue weighted by atomic mass is 16.6. The van der Waals surface area contributed by atoms with Crippen LogP contribution in [0.4, 0.5) is 5.69 Å². The summed E-state index contributed by atoms with van der Waals surface area (Å²) in [5.74, 6) is -0.152. The van der Waals surface area contributed by atoms with Gasteiger partial charge in [-0.1, -0.05) is 0 Å². The third kappa shape index (κ3) is 3.36. The number of hydrogen-bond acceptors (Lipinski definition) is 6. The molecule has 1 amide bonds. The molecule has 0 unspecified atom stereocenters. The Labute approximate surface area is 130 Å². The molecule has 0 aliphatic carbocycles. The third-order valence-corrected chi connectivity index (χ3v) is 2.97. The maximum absolute atomic E-state index is 11.2. The number of nitrogens with two attached hydrogens (primary N) is 1. The number of amides is 1. The summed E-state index contributed by atoms with van der Waals surface area (Å²) in [6.45, 7) is 0. The highest BCUT2D eigenvalue weighted by Gasteiger charge is 2.19. The highest BCUT2D eigenvalue weighted by Crippen LogP contribution is 2.34. The summed E-state index contributed by atoms with van der Waals surface area (Å²) < 4.78 is 10.4. The van der Waals surface area contributed by atoms with E-state index in [2.05, 4.69) is 0 Å². The number of ether oxygens (including phenoxy) is 1. The van der Waals surface area contributed by atoms with Crippen LogP contribution in [0.1, 0.15) is 5.76 Å². The van der Waals surface area contributed by atoms with Gasteiger partial charge in [-0.2, -0.15) is 5.26 Å². The van der Waals surface area contributed by atoms with Gasteiger partial charge in [-0.25, -0.2) is 0 Å². The number of furan rings is 1. The van der Waals surface area contributed by atoms with Gasteiger partial charge in [0.2, 0.25) is 0 Å². The zero-order chi connectivity index (χ0) is 17.0. The second kappa shape index (κ2) is 6.44. The van der Waals surface area contributed by atoms with Crippen LogP contribution in [0.5, 0.6) is 5.75 Å². The van der Waals surface area contributed by atoms with Gasteiger partial charge in [0, 0.05) is 6.08 Å². The Hall–Kier alpha value is -3.60. The van der Waals surface area contributed by atoms with E-state index in [0.717, 1.165) is 0 Å². The van der Waals surface area contributed by atoms with Crippen LogP contribution in [-0.4, -0.2) is 17.9 Å². The van der Waals surface area contributed by atoms with Gasteiger partial charge < -0.3 is 14.9 Å². The van der Waals surface area contributed by atoms with Crippen molar-refractivity contribution in [2.75, 3.05) is 7.11 Å². The Bertz CT molecular complexity index is 845. The molecule has 8 heteroatoms. The quantitative estimate of drug-likeness (QED) is 0.389. The molecule has 0 aliphatic rings. The average molecular weight is 313 g/mol. The summed E-state index contributed by atoms with van der Waals surface area (Å²) in [5.41, 5.74) is 4.81. The summed E-state index contributed by atoms with van der Waals surface area (Å²) in [6, 6.07) is 8.94. The number of nitro groups is 1. The number of rotatable bonds is 5. The summed E-state index contributed by atoms with van der Waals surface area (Å²) in [5, 5.41) is 20.0. The number of methoxy groups -OCH3 is 1. The van der Waals surface area contributed by atoms with E-state index in [9.17, 15) is 14.9 Å². The van der Waals surface area contributed by atoms with Crippen LogP contribution in [0, 0.1) is 21.4 Å². The first-order valence-corrected chi connectivity index (χ1v) is 6.30. The van der Waals surface area contributed by atoms with Crippen molar-refractivity contribution in [1.82, 2.24) is 0 Å². The lowest BCUT2D eigenvalue weighted by molar-refractivity contribution is -0.384. The van der Waals surface area contributed by atoms with E-state index in [1.54, 1.807) is 12.1 Å². The van der Waals surface area contributed by atoms with Crippen molar-refractivity contribution in [1.29, 1.82) is 5.26 Å². The number of carbonyl (C=O) groups excluding carboxylic acids is 1. The van der Waals surface area contributed by atoms with Gasteiger partial charge in [0.05, 0.1) is 23.7 Å². The lowest BCUT2D eigenvalue weighted by atomic mass is 10.1. The standard InChI is InChI=1S/C15H11N3O5/c1-22-10-2-4-12(13(7-10)18(20)21)14-5-3-11(23-14)6-9(8-16)15(17)19/h2-7H,1H3,(H2,17,19). The summed E-state index contributed by atoms with van der Waals surface area (Å²) in [6.07, 6.45) is 1.17. The maximum Gasteiger partial charge on any atom is 0.284 e. The van der Waals surface area contributed by atoms with Crippen molar-refractivity contribution in [2.45, 2.75) is 0 Å². The van der Waals surface area contributed by atoms with Crippen molar-refractivity contribution >= 4 is 17.7 Å². The average Bonchev–Trinajstić information content (AvgIpc) is 3.00. The van der Waals surface area contributed by atoms with Crippen LogP contribution in [0.15, 0.2) is 40.3 Å². The Morgan fingerprint density at radius 2 is 2.17 bits per heavy atom. The molecule has 0 atom stereocenters. The number of primary amides is 1. The monoisotopic (exact) mass is 313 g/mol. The lowest BCUT2D eigenvalue weighted by Crippen LogP contribution is -2.12. The summed E-state index contributed by atoms with van der Waals surface area (Å²) in [4.78, 5) is 21.6. The molecule has 1 aromatic carbocycles. The van der Waals surface area contributed by atoms with Crippen LogP contribution in [0.25, 0.3) is 17.4 Å². The van der Waals surface area contributed by atoms with E-state index >= 15 is 0 Å². The number of nitrogens with zero attached hydrogens (tertiary/aromatic N) is 2. The minimum atomic E-state index is -0.888. The van der Waals surface area contributed by atoms with Gasteiger partial charge in [-0.05, 0) is 24.3 Å². The first-order chi connectivity index (χ1) is 11.0. The molecule has 116 valence electrons. The Balaban J connectivity index is 2.48. The highest BCUT2D eigenvalue weighted by molar-refractivity contribution is 6.00. The van der Waals surface area contributed by atoms with Gasteiger partial charge in [-0.3, -0.25) is 14.9 Å². The first-order valence-electron chi connectivity index (χ1n) is 6.30. The molecule has 1 aromatic heterocycles. The van der Waals surface area contributed by atoms with Crippen molar-refractivity contribution in [3.8, 4) is 23.1 Å². The zero-order valence-electron chi connectivity index (χ0n) is 12.0. The molecule has 2 N–H and O–H groups in total. The summed E-state index contributed by atoms with van der Waals surface area (Å²) >= 11 is 0. The molecule has 0 saturated carbocycles. The minimum absolute atomic E-state index is 0.181. The number of benzene rings is 1. The molecule has 0 spiro atoms. The first kappa shape index (κ1) is 15.8. The van der Waals surface area contributed by atoms with E-state index < -0.39 is 10.8 Å². The Morgan fingerprint density at radius 3 is 2.74 bits per heavy atom. The van der Waals surface area contributed by atoms with Crippen LogP contribution in [0.2, 0.25) is 0 Å². The van der Waals surface area contributed by atoms with E-state index in [0.29, 0.717) is 5.75 Å². The minimum Gasteiger partial charge on any atom is -0.497 e. The second-order valence-corrected chi connectivity index (χ2v) is 4.38. The van der Waals surface area contributed by atoms with Crippen molar-refractivity contribution < 1.29 is 18.9 Å². The fourth-order valence-electron chi connectivity index (χ4n) is 1.87. The molecule has 23 heavy (non-hydrogen) atoms. The van der Waals surface area contributed by atoms with Gasteiger partial charge in [0.1, 0.15) is 28.9 Å². The SMILES string of the molecule is COc1ccc(-c2ccc(C=C(C#N)C(N)=O)o2)c([N+](=O)[O-])c1. The third-order valence-electron chi connectivity index (χ3n) is 2.97. The zero-order valence-corrected chi connectivity index (χ0v) is 12.0. The number of nitro benzene ring substituents is 1. The fraction of sp³-hybridized carbons (Fsp3) is 0.0667. The van der Waals surface area contributed by atoms with Crippen LogP contribution in [-0.2, 0) is 4.79 Å². The van der Waals surface area contributed by atoms with Crippen molar-refractivity contribution in [2.24, 2.45) is 5.73 Å². The molecule has 1 heterocycles. The van der Waals surface area contributed by atoms with Gasteiger partial charge in [0.15, 0.2) is 0 Å². The molecule has 0 saturated heterocycles. The van der Waals surface area contributed by atoms with Crippen LogP contribution < -0.4 is 10.5 Å². The Kier molecular flexibility index (Phi) is 4.42. The predicted octanol–water partition coefficient (Wildman–Crippen LogP) is 2.26. The van der Waals surface area contributed by atoms with Crippen molar-refractivity contribution in [3.63, 3.8) is 0 Å². The molecule has 8 nitrogen and oxygen atoms in total. The van der Waals surface area contributed by atoms with E-state index in [1.165, 1.54) is 37.5 Å². The van der Waals surface area contributed by atoms with Crippen LogP contribution in [0.3, 0.4) is 0 Å². The second-order valence-electron chi connectivity index (χ2n) is 4.38. The van der Waals surface area contributed by atoms with Crippen molar-refractivity contribution in [3.05, 3.63) is 51.8 Å². The molecule has 0 radical (unpaired) electrons. The van der Waals surface area contributed by atoms with Crippen LogP contribution >= 0.6 is 0 Å². The number of hydrogen-bond donors (Lipinski definition) is 1. The normalized spacial score (nSPS) is 10.9. The van der Waals surface area contributed by atoms with Gasteiger partial charge in [0.25, 0.3) is 11.6 Å². The number of nitriles is 1. The predicted molar refractivity (Wildman–Crippen MR) is 80.1 cm³/mol. The number of carbonyl (C=O) groups is 1. The largest absolute Gasteiger partial charge is 0.497 e. The molecular formula is C15H11N3O5. The molecule has 2 aromatic rings. The molecule has 0 fully saturated rings. The fourth-order valence-corrected chi connectivity index (χ4v) is 1.87. The topological polar surface area (TPSA) is 132 Å². The summed E-state index contributed by atoms with van der Waals surface area (Å²) in [7, 11) is 1.40. The molecular weight excluding hydrogens is 302 g/mol. The van der Waals surface area contributed by atoms with E-state index in [-0.39, 0.29) is 28.3 Å². The molecule has 0 aliphatic heterocycles. The van der Waals surface area contributed by atoms with Gasteiger partial charge in [-0.15, -0.1) is 0 Å². The maximum atomic E-state index is 11.2. The van der Waals surface area contributed by atoms with E-state index in [4.69, 9.17) is 20.1 Å². The Morgan fingerprint density at radius 1 is 1.43 bits per heavy atom. The molecule has 0 bridgehead atoms.